The van der Waals surface area contributed by atoms with Crippen LogP contribution in [-0.2, 0) is 0 Å². The van der Waals surface area contributed by atoms with Crippen LogP contribution in [0.1, 0.15) is 5.56 Å². The van der Waals surface area contributed by atoms with Crippen LogP contribution in [0, 0.1) is 6.92 Å². The van der Waals surface area contributed by atoms with E-state index in [0.29, 0.717) is 0 Å². The Morgan fingerprint density at radius 3 is 2.79 bits per heavy atom. The second kappa shape index (κ2) is 3.76. The minimum Gasteiger partial charge on any atom is -0.226 e. The molecule has 0 unspecified atom stereocenters. The highest BCUT2D eigenvalue weighted by molar-refractivity contribution is 6.28. The van der Waals surface area contributed by atoms with Gasteiger partial charge in [-0.1, -0.05) is 23.8 Å². The van der Waals surface area contributed by atoms with Gasteiger partial charge in [-0.2, -0.15) is 0 Å². The Labute approximate surface area is 87.6 Å². The van der Waals surface area contributed by atoms with E-state index in [1.54, 1.807) is 6.20 Å². The average Bonchev–Trinajstić information content (AvgIpc) is 2.18. The van der Waals surface area contributed by atoms with Gasteiger partial charge < -0.3 is 0 Å². The summed E-state index contributed by atoms with van der Waals surface area (Å²) in [4.78, 5) is 7.98. The van der Waals surface area contributed by atoms with Crippen LogP contribution in [0.2, 0.25) is 5.28 Å². The number of aryl methyl sites for hydroxylation is 1. The summed E-state index contributed by atoms with van der Waals surface area (Å²) in [6, 6.07) is 9.97. The number of nitrogens with zero attached hydrogens (tertiary/aromatic N) is 2. The van der Waals surface area contributed by atoms with Gasteiger partial charge in [0, 0.05) is 11.8 Å². The largest absolute Gasteiger partial charge is 0.226 e. The number of hydrogen-bond acceptors (Lipinski definition) is 2. The molecule has 1 heterocycles. The van der Waals surface area contributed by atoms with Gasteiger partial charge in [0.15, 0.2) is 0 Å². The van der Waals surface area contributed by atoms with Gasteiger partial charge in [0.25, 0.3) is 0 Å². The van der Waals surface area contributed by atoms with Crippen molar-refractivity contribution in [1.82, 2.24) is 9.97 Å². The normalized spacial score (nSPS) is 10.1. The second-order valence-corrected chi connectivity index (χ2v) is 3.42. The maximum absolute atomic E-state index is 5.71. The smallest absolute Gasteiger partial charge is 0.222 e. The molecular weight excluding hydrogens is 196 g/mol. The molecule has 0 atom stereocenters. The van der Waals surface area contributed by atoms with E-state index in [-0.39, 0.29) is 5.28 Å². The molecule has 0 amide bonds. The van der Waals surface area contributed by atoms with E-state index in [0.717, 1.165) is 11.3 Å². The van der Waals surface area contributed by atoms with Crippen molar-refractivity contribution in [3.05, 3.63) is 47.4 Å². The minimum absolute atomic E-state index is 0.281. The maximum atomic E-state index is 5.71. The Morgan fingerprint density at radius 2 is 2.07 bits per heavy atom. The molecule has 0 bridgehead atoms. The molecule has 0 aliphatic heterocycles. The zero-order valence-corrected chi connectivity index (χ0v) is 8.49. The van der Waals surface area contributed by atoms with E-state index in [1.807, 2.05) is 31.2 Å². The van der Waals surface area contributed by atoms with Gasteiger partial charge in [-0.25, -0.2) is 9.97 Å². The molecule has 0 saturated heterocycles. The summed E-state index contributed by atoms with van der Waals surface area (Å²) in [5.41, 5.74) is 3.13. The number of rotatable bonds is 1. The Hall–Kier alpha value is -1.41. The van der Waals surface area contributed by atoms with Crippen LogP contribution >= 0.6 is 11.6 Å². The summed E-state index contributed by atoms with van der Waals surface area (Å²) in [6.07, 6.45) is 1.66. The van der Waals surface area contributed by atoms with Crippen LogP contribution in [-0.4, -0.2) is 9.97 Å². The standard InChI is InChI=1S/C11H9ClN2/c1-8-3-2-4-9(7-8)10-5-6-13-11(12)14-10/h2-7H,1H3. The first kappa shape index (κ1) is 9.16. The third kappa shape index (κ3) is 1.91. The lowest BCUT2D eigenvalue weighted by atomic mass is 10.1. The molecule has 0 saturated carbocycles. The Morgan fingerprint density at radius 1 is 1.21 bits per heavy atom. The molecule has 0 spiro atoms. The number of hydrogen-bond donors (Lipinski definition) is 0. The van der Waals surface area contributed by atoms with Gasteiger partial charge in [-0.15, -0.1) is 0 Å². The molecule has 0 aliphatic rings. The highest BCUT2D eigenvalue weighted by atomic mass is 35.5. The lowest BCUT2D eigenvalue weighted by Crippen LogP contribution is -1.86. The molecule has 2 nitrogen and oxygen atoms in total. The zero-order chi connectivity index (χ0) is 9.97. The van der Waals surface area contributed by atoms with E-state index in [1.165, 1.54) is 5.56 Å². The molecule has 0 fully saturated rings. The summed E-state index contributed by atoms with van der Waals surface area (Å²) in [7, 11) is 0. The number of halogens is 1. The highest BCUT2D eigenvalue weighted by Crippen LogP contribution is 2.18. The molecule has 3 heteroatoms. The van der Waals surface area contributed by atoms with E-state index < -0.39 is 0 Å². The fourth-order valence-corrected chi connectivity index (χ4v) is 1.45. The molecule has 0 radical (unpaired) electrons. The van der Waals surface area contributed by atoms with Crippen LogP contribution in [0.5, 0.6) is 0 Å². The quantitative estimate of drug-likeness (QED) is 0.667. The minimum atomic E-state index is 0.281. The fourth-order valence-electron chi connectivity index (χ4n) is 1.30. The third-order valence-corrected chi connectivity index (χ3v) is 2.12. The highest BCUT2D eigenvalue weighted by Gasteiger charge is 1.99. The molecule has 0 aliphatic carbocycles. The predicted octanol–water partition coefficient (Wildman–Crippen LogP) is 3.11. The van der Waals surface area contributed by atoms with Crippen LogP contribution in [0.3, 0.4) is 0 Å². The Balaban J connectivity index is 2.49. The molecule has 1 aromatic heterocycles. The maximum Gasteiger partial charge on any atom is 0.222 e. The Kier molecular flexibility index (Phi) is 2.46. The third-order valence-electron chi connectivity index (χ3n) is 1.94. The molecular formula is C11H9ClN2. The van der Waals surface area contributed by atoms with Crippen LogP contribution in [0.4, 0.5) is 0 Å². The first-order chi connectivity index (χ1) is 6.75. The van der Waals surface area contributed by atoms with Crippen molar-refractivity contribution in [2.75, 3.05) is 0 Å². The number of benzene rings is 1. The molecule has 70 valence electrons. The van der Waals surface area contributed by atoms with E-state index in [2.05, 4.69) is 16.0 Å². The van der Waals surface area contributed by atoms with Crippen molar-refractivity contribution in [3.8, 4) is 11.3 Å². The lowest BCUT2D eigenvalue weighted by Gasteiger charge is -2.01. The van der Waals surface area contributed by atoms with Crippen molar-refractivity contribution < 1.29 is 0 Å². The van der Waals surface area contributed by atoms with Gasteiger partial charge in [0.05, 0.1) is 5.69 Å². The molecule has 14 heavy (non-hydrogen) atoms. The SMILES string of the molecule is Cc1cccc(-c2ccnc(Cl)n2)c1. The fraction of sp³-hybridized carbons (Fsp3) is 0.0909. The molecule has 0 N–H and O–H groups in total. The first-order valence-electron chi connectivity index (χ1n) is 4.31. The van der Waals surface area contributed by atoms with Crippen LogP contribution in [0.15, 0.2) is 36.5 Å². The predicted molar refractivity (Wildman–Crippen MR) is 57.2 cm³/mol. The average molecular weight is 205 g/mol. The van der Waals surface area contributed by atoms with Crippen molar-refractivity contribution >= 4 is 11.6 Å². The van der Waals surface area contributed by atoms with E-state index in [4.69, 9.17) is 11.6 Å². The van der Waals surface area contributed by atoms with E-state index in [9.17, 15) is 0 Å². The van der Waals surface area contributed by atoms with Crippen LogP contribution in [0.25, 0.3) is 11.3 Å². The van der Waals surface area contributed by atoms with Gasteiger partial charge in [-0.3, -0.25) is 0 Å². The molecule has 1 aromatic carbocycles. The van der Waals surface area contributed by atoms with E-state index >= 15 is 0 Å². The summed E-state index contributed by atoms with van der Waals surface area (Å²) < 4.78 is 0. The zero-order valence-electron chi connectivity index (χ0n) is 7.74. The Bertz CT molecular complexity index is 411. The van der Waals surface area contributed by atoms with Gasteiger partial charge in [0.2, 0.25) is 5.28 Å². The summed E-state index contributed by atoms with van der Waals surface area (Å²) >= 11 is 5.71. The summed E-state index contributed by atoms with van der Waals surface area (Å²) in [5.74, 6) is 0. The summed E-state index contributed by atoms with van der Waals surface area (Å²) in [5, 5.41) is 0.281. The van der Waals surface area contributed by atoms with Crippen molar-refractivity contribution in [2.24, 2.45) is 0 Å². The monoisotopic (exact) mass is 204 g/mol. The van der Waals surface area contributed by atoms with Crippen molar-refractivity contribution in [3.63, 3.8) is 0 Å². The van der Waals surface area contributed by atoms with Gasteiger partial charge in [-0.05, 0) is 30.7 Å². The summed E-state index contributed by atoms with van der Waals surface area (Å²) in [6.45, 7) is 2.05. The number of aromatic nitrogens is 2. The van der Waals surface area contributed by atoms with Crippen molar-refractivity contribution in [2.45, 2.75) is 6.92 Å². The topological polar surface area (TPSA) is 25.8 Å². The molecule has 2 aromatic rings. The van der Waals surface area contributed by atoms with Crippen molar-refractivity contribution in [1.29, 1.82) is 0 Å². The first-order valence-corrected chi connectivity index (χ1v) is 4.69. The lowest BCUT2D eigenvalue weighted by molar-refractivity contribution is 1.17. The second-order valence-electron chi connectivity index (χ2n) is 3.08. The van der Waals surface area contributed by atoms with Crippen LogP contribution < -0.4 is 0 Å². The van der Waals surface area contributed by atoms with Gasteiger partial charge >= 0.3 is 0 Å². The van der Waals surface area contributed by atoms with Gasteiger partial charge in [0.1, 0.15) is 0 Å². The molecule has 2 rings (SSSR count).